The summed E-state index contributed by atoms with van der Waals surface area (Å²) >= 11 is 0. The number of benzene rings is 2. The Kier molecular flexibility index (Phi) is 6.46. The van der Waals surface area contributed by atoms with Crippen LogP contribution in [0.5, 0.6) is 0 Å². The van der Waals surface area contributed by atoms with E-state index >= 15 is 0 Å². The van der Waals surface area contributed by atoms with Crippen LogP contribution in [-0.2, 0) is 4.79 Å². The first kappa shape index (κ1) is 23.3. The maximum atomic E-state index is 11.7. The predicted octanol–water partition coefficient (Wildman–Crippen LogP) is 3.89. The molecule has 182 valence electrons. The lowest BCUT2D eigenvalue weighted by molar-refractivity contribution is -0.111. The molecule has 1 aliphatic heterocycles. The second-order valence-corrected chi connectivity index (χ2v) is 8.72. The van der Waals surface area contributed by atoms with E-state index in [1.165, 1.54) is 11.8 Å². The molecule has 1 aliphatic rings. The molecular formula is C27H28N8O. The fourth-order valence-electron chi connectivity index (χ4n) is 4.24. The number of anilines is 5. The van der Waals surface area contributed by atoms with Crippen LogP contribution in [-0.4, -0.2) is 59.0 Å². The topological polar surface area (TPSA) is 112 Å². The van der Waals surface area contributed by atoms with E-state index in [0.717, 1.165) is 42.8 Å². The predicted molar refractivity (Wildman–Crippen MR) is 145 cm³/mol. The third kappa shape index (κ3) is 4.96. The number of amides is 1. The summed E-state index contributed by atoms with van der Waals surface area (Å²) in [5.74, 6) is 0.479. The number of piperazine rings is 1. The zero-order chi connectivity index (χ0) is 25.1. The highest BCUT2D eigenvalue weighted by atomic mass is 16.1. The molecule has 0 atom stereocenters. The molecule has 0 spiro atoms. The number of likely N-dealkylation sites (N-methyl/N-ethyl adjacent to an activating group) is 1. The minimum Gasteiger partial charge on any atom is -0.383 e. The average Bonchev–Trinajstić information content (AvgIpc) is 2.89. The van der Waals surface area contributed by atoms with Crippen molar-refractivity contribution in [3.63, 3.8) is 0 Å². The Morgan fingerprint density at radius 1 is 1.03 bits per heavy atom. The monoisotopic (exact) mass is 480 g/mol. The summed E-state index contributed by atoms with van der Waals surface area (Å²) in [6, 6.07) is 17.5. The van der Waals surface area contributed by atoms with Crippen LogP contribution in [0.4, 0.5) is 28.8 Å². The maximum absolute atomic E-state index is 11.7. The fraction of sp³-hybridized carbons (Fsp3) is 0.185. The summed E-state index contributed by atoms with van der Waals surface area (Å²) in [5, 5.41) is 6.77. The van der Waals surface area contributed by atoms with Gasteiger partial charge in [-0.3, -0.25) is 9.78 Å². The molecule has 0 aliphatic carbocycles. The summed E-state index contributed by atoms with van der Waals surface area (Å²) in [4.78, 5) is 30.2. The van der Waals surface area contributed by atoms with E-state index in [4.69, 9.17) is 10.7 Å². The number of nitrogens with zero attached hydrogens (tertiary/aromatic N) is 5. The van der Waals surface area contributed by atoms with Gasteiger partial charge in [-0.2, -0.15) is 4.98 Å². The molecule has 0 radical (unpaired) electrons. The number of nitrogens with two attached hydrogens (primary N) is 1. The zero-order valence-corrected chi connectivity index (χ0v) is 20.1. The number of hydrogen-bond donors (Lipinski definition) is 3. The van der Waals surface area contributed by atoms with E-state index in [2.05, 4.69) is 56.2 Å². The molecule has 9 heteroatoms. The Bertz CT molecular complexity index is 1410. The van der Waals surface area contributed by atoms with Crippen LogP contribution >= 0.6 is 0 Å². The van der Waals surface area contributed by atoms with Crippen molar-refractivity contribution in [1.29, 1.82) is 0 Å². The quantitative estimate of drug-likeness (QED) is 0.356. The number of rotatable bonds is 6. The van der Waals surface area contributed by atoms with Gasteiger partial charge in [0.1, 0.15) is 5.82 Å². The molecule has 9 nitrogen and oxygen atoms in total. The van der Waals surface area contributed by atoms with Crippen molar-refractivity contribution < 1.29 is 4.79 Å². The number of carbonyl (C=O) groups excluding carboxylic acids is 1. The van der Waals surface area contributed by atoms with Gasteiger partial charge in [-0.05, 0) is 55.6 Å². The molecule has 0 unspecified atom stereocenters. The van der Waals surface area contributed by atoms with E-state index in [0.29, 0.717) is 28.7 Å². The summed E-state index contributed by atoms with van der Waals surface area (Å²) in [6.07, 6.45) is 2.86. The molecule has 1 saturated heterocycles. The lowest BCUT2D eigenvalue weighted by Crippen LogP contribution is -2.44. The standard InChI is InChI=1S/C27H28N8O/c1-3-24(36)30-19-11-12-29-23(17-19)21-5-4-6-22-25(21)32-27(33-26(22)28)31-18-7-9-20(10-8-18)35-15-13-34(2)14-16-35/h3-12,17H,1,13-16H2,2H3,(H,29,30,36)(H3,28,31,32,33). The molecule has 36 heavy (non-hydrogen) atoms. The first-order valence-corrected chi connectivity index (χ1v) is 11.8. The van der Waals surface area contributed by atoms with Gasteiger partial charge in [0.2, 0.25) is 11.9 Å². The van der Waals surface area contributed by atoms with Crippen molar-refractivity contribution in [3.05, 3.63) is 73.4 Å². The molecule has 3 heterocycles. The van der Waals surface area contributed by atoms with Crippen molar-refractivity contribution in [2.75, 3.05) is 54.5 Å². The first-order chi connectivity index (χ1) is 17.5. The lowest BCUT2D eigenvalue weighted by Gasteiger charge is -2.34. The number of aromatic nitrogens is 3. The third-order valence-electron chi connectivity index (χ3n) is 6.24. The summed E-state index contributed by atoms with van der Waals surface area (Å²) in [5.41, 5.74) is 11.1. The van der Waals surface area contributed by atoms with Crippen LogP contribution < -0.4 is 21.3 Å². The number of fused-ring (bicyclic) bond motifs is 1. The molecule has 0 saturated carbocycles. The van der Waals surface area contributed by atoms with Gasteiger partial charge in [0.25, 0.3) is 0 Å². The molecule has 2 aromatic carbocycles. The minimum atomic E-state index is -0.290. The van der Waals surface area contributed by atoms with Crippen molar-refractivity contribution in [2.24, 2.45) is 0 Å². The van der Waals surface area contributed by atoms with E-state index in [-0.39, 0.29) is 5.91 Å². The normalized spacial score (nSPS) is 14.0. The Balaban J connectivity index is 1.43. The van der Waals surface area contributed by atoms with Crippen LogP contribution in [0.1, 0.15) is 0 Å². The molecule has 1 amide bonds. The molecule has 0 bridgehead atoms. The Labute approximate surface area is 209 Å². The van der Waals surface area contributed by atoms with Crippen molar-refractivity contribution in [3.8, 4) is 11.3 Å². The molecule has 4 aromatic rings. The lowest BCUT2D eigenvalue weighted by atomic mass is 10.1. The smallest absolute Gasteiger partial charge is 0.247 e. The molecule has 1 fully saturated rings. The van der Waals surface area contributed by atoms with Gasteiger partial charge in [-0.25, -0.2) is 4.98 Å². The highest BCUT2D eigenvalue weighted by Crippen LogP contribution is 2.31. The van der Waals surface area contributed by atoms with Crippen molar-refractivity contribution >= 4 is 45.6 Å². The summed E-state index contributed by atoms with van der Waals surface area (Å²) < 4.78 is 0. The number of nitrogen functional groups attached to an aromatic ring is 1. The Morgan fingerprint density at radius 2 is 1.81 bits per heavy atom. The zero-order valence-electron chi connectivity index (χ0n) is 20.1. The molecule has 5 rings (SSSR count). The van der Waals surface area contributed by atoms with E-state index in [1.807, 2.05) is 30.3 Å². The summed E-state index contributed by atoms with van der Waals surface area (Å²) in [6.45, 7) is 7.65. The van der Waals surface area contributed by atoms with E-state index in [1.54, 1.807) is 18.3 Å². The number of carbonyl (C=O) groups is 1. The molecule has 2 aromatic heterocycles. The van der Waals surface area contributed by atoms with Crippen LogP contribution in [0.3, 0.4) is 0 Å². The van der Waals surface area contributed by atoms with Gasteiger partial charge in [-0.1, -0.05) is 18.7 Å². The highest BCUT2D eigenvalue weighted by Gasteiger charge is 2.15. The average molecular weight is 481 g/mol. The number of hydrogen-bond acceptors (Lipinski definition) is 8. The van der Waals surface area contributed by atoms with E-state index < -0.39 is 0 Å². The third-order valence-corrected chi connectivity index (χ3v) is 6.24. The molecule has 4 N–H and O–H groups in total. The van der Waals surface area contributed by atoms with Crippen LogP contribution in [0, 0.1) is 0 Å². The van der Waals surface area contributed by atoms with Gasteiger partial charge in [0.15, 0.2) is 0 Å². The first-order valence-electron chi connectivity index (χ1n) is 11.8. The van der Waals surface area contributed by atoms with Crippen LogP contribution in [0.15, 0.2) is 73.4 Å². The van der Waals surface area contributed by atoms with Gasteiger partial charge < -0.3 is 26.2 Å². The van der Waals surface area contributed by atoms with Gasteiger partial charge in [-0.15, -0.1) is 0 Å². The largest absolute Gasteiger partial charge is 0.383 e. The number of para-hydroxylation sites is 1. The van der Waals surface area contributed by atoms with Gasteiger partial charge in [0.05, 0.1) is 11.2 Å². The number of nitrogens with one attached hydrogen (secondary N) is 2. The highest BCUT2D eigenvalue weighted by molar-refractivity contribution is 6.01. The summed E-state index contributed by atoms with van der Waals surface area (Å²) in [7, 11) is 2.15. The second kappa shape index (κ2) is 10.0. The fourth-order valence-corrected chi connectivity index (χ4v) is 4.24. The Morgan fingerprint density at radius 3 is 2.56 bits per heavy atom. The van der Waals surface area contributed by atoms with Crippen molar-refractivity contribution in [2.45, 2.75) is 0 Å². The number of pyridine rings is 1. The van der Waals surface area contributed by atoms with Crippen LogP contribution in [0.2, 0.25) is 0 Å². The molecular weight excluding hydrogens is 452 g/mol. The van der Waals surface area contributed by atoms with Gasteiger partial charge in [0, 0.05) is 60.4 Å². The Hall–Kier alpha value is -4.50. The maximum Gasteiger partial charge on any atom is 0.247 e. The van der Waals surface area contributed by atoms with Crippen molar-refractivity contribution in [1.82, 2.24) is 19.9 Å². The second-order valence-electron chi connectivity index (χ2n) is 8.72. The van der Waals surface area contributed by atoms with E-state index in [9.17, 15) is 4.79 Å². The van der Waals surface area contributed by atoms with Crippen LogP contribution in [0.25, 0.3) is 22.2 Å². The SMILES string of the molecule is C=CC(=O)Nc1ccnc(-c2cccc3c(N)nc(Nc4ccc(N5CCN(C)CC5)cc4)nc23)c1. The van der Waals surface area contributed by atoms with Gasteiger partial charge >= 0.3 is 0 Å². The minimum absolute atomic E-state index is 0.290.